The van der Waals surface area contributed by atoms with Gasteiger partial charge in [-0.1, -0.05) is 0 Å². The van der Waals surface area contributed by atoms with Gasteiger partial charge in [-0.15, -0.1) is 11.3 Å². The summed E-state index contributed by atoms with van der Waals surface area (Å²) in [6.07, 6.45) is 1.05. The molecule has 0 N–H and O–H groups in total. The molecule has 0 aliphatic rings. The highest BCUT2D eigenvalue weighted by molar-refractivity contribution is 7.90. The SMILES string of the molecule is Cc1csc(-c2ccc(OS(=O)(=O)c3ccc(S(C)(=O)=O)cc3)cc2)n1. The van der Waals surface area contributed by atoms with Crippen molar-refractivity contribution in [2.45, 2.75) is 16.7 Å². The molecule has 0 aliphatic heterocycles. The molecule has 0 amide bonds. The normalized spacial score (nSPS) is 12.1. The van der Waals surface area contributed by atoms with Crippen molar-refractivity contribution in [1.82, 2.24) is 4.98 Å². The van der Waals surface area contributed by atoms with Gasteiger partial charge in [0.1, 0.15) is 15.7 Å². The van der Waals surface area contributed by atoms with E-state index in [2.05, 4.69) is 4.98 Å². The van der Waals surface area contributed by atoms with Gasteiger partial charge in [0.05, 0.1) is 4.90 Å². The van der Waals surface area contributed by atoms with E-state index in [1.165, 1.54) is 35.6 Å². The Hall–Kier alpha value is -2.23. The van der Waals surface area contributed by atoms with Gasteiger partial charge in [-0.25, -0.2) is 13.4 Å². The standard InChI is InChI=1S/C17H15NO5S3/c1-12-11-24-17(18-12)13-3-5-14(6-4-13)23-26(21,22)16-9-7-15(8-10-16)25(2,19)20/h3-11H,1-2H3. The Morgan fingerprint density at radius 2 is 1.46 bits per heavy atom. The van der Waals surface area contributed by atoms with E-state index in [9.17, 15) is 16.8 Å². The maximum absolute atomic E-state index is 12.3. The summed E-state index contributed by atoms with van der Waals surface area (Å²) in [6.45, 7) is 1.90. The van der Waals surface area contributed by atoms with Crippen LogP contribution in [0.25, 0.3) is 10.6 Å². The predicted molar refractivity (Wildman–Crippen MR) is 99.7 cm³/mol. The number of rotatable bonds is 5. The molecule has 2 aromatic carbocycles. The number of benzene rings is 2. The van der Waals surface area contributed by atoms with E-state index in [1.807, 2.05) is 12.3 Å². The number of hydrogen-bond acceptors (Lipinski definition) is 7. The Morgan fingerprint density at radius 3 is 1.96 bits per heavy atom. The molecule has 1 aromatic heterocycles. The monoisotopic (exact) mass is 409 g/mol. The van der Waals surface area contributed by atoms with Crippen LogP contribution in [0.4, 0.5) is 0 Å². The number of sulfone groups is 1. The average Bonchev–Trinajstić information content (AvgIpc) is 3.01. The van der Waals surface area contributed by atoms with Crippen LogP contribution in [-0.4, -0.2) is 28.1 Å². The van der Waals surface area contributed by atoms with Crippen molar-refractivity contribution in [3.05, 3.63) is 59.6 Å². The van der Waals surface area contributed by atoms with Crippen LogP contribution in [-0.2, 0) is 20.0 Å². The number of aromatic nitrogens is 1. The van der Waals surface area contributed by atoms with Crippen LogP contribution < -0.4 is 4.18 Å². The Bertz CT molecular complexity index is 1130. The van der Waals surface area contributed by atoms with Crippen LogP contribution in [0.1, 0.15) is 5.69 Å². The van der Waals surface area contributed by atoms with Gasteiger partial charge in [0.2, 0.25) is 0 Å². The first-order chi connectivity index (χ1) is 12.1. The van der Waals surface area contributed by atoms with Gasteiger partial charge >= 0.3 is 10.1 Å². The Labute approximate surface area is 156 Å². The molecule has 0 aliphatic carbocycles. The first-order valence-electron chi connectivity index (χ1n) is 7.42. The molecule has 9 heteroatoms. The summed E-state index contributed by atoms with van der Waals surface area (Å²) in [7, 11) is -7.45. The van der Waals surface area contributed by atoms with Crippen molar-refractivity contribution < 1.29 is 21.0 Å². The maximum Gasteiger partial charge on any atom is 0.339 e. The summed E-state index contributed by atoms with van der Waals surface area (Å²) in [6, 6.07) is 11.4. The molecule has 0 unspecified atom stereocenters. The van der Waals surface area contributed by atoms with Crippen molar-refractivity contribution in [2.75, 3.05) is 6.26 Å². The minimum atomic E-state index is -4.06. The molecule has 6 nitrogen and oxygen atoms in total. The van der Waals surface area contributed by atoms with Crippen molar-refractivity contribution in [1.29, 1.82) is 0 Å². The fraction of sp³-hybridized carbons (Fsp3) is 0.118. The Balaban J connectivity index is 1.81. The third-order valence-corrected chi connectivity index (χ3v) is 6.87. The number of aryl methyl sites for hydroxylation is 1. The Morgan fingerprint density at radius 1 is 0.885 bits per heavy atom. The van der Waals surface area contributed by atoms with Gasteiger partial charge in [0.15, 0.2) is 9.84 Å². The van der Waals surface area contributed by atoms with Gasteiger partial charge in [-0.05, 0) is 55.5 Å². The number of nitrogens with zero attached hydrogens (tertiary/aromatic N) is 1. The summed E-state index contributed by atoms with van der Waals surface area (Å²) >= 11 is 1.50. The van der Waals surface area contributed by atoms with Gasteiger partial charge in [-0.2, -0.15) is 8.42 Å². The highest BCUT2D eigenvalue weighted by atomic mass is 32.2. The summed E-state index contributed by atoms with van der Waals surface area (Å²) in [4.78, 5) is 4.29. The van der Waals surface area contributed by atoms with E-state index in [-0.39, 0.29) is 15.5 Å². The van der Waals surface area contributed by atoms with Crippen molar-refractivity contribution in [3.63, 3.8) is 0 Å². The van der Waals surface area contributed by atoms with Crippen molar-refractivity contribution >= 4 is 31.3 Å². The second-order valence-electron chi connectivity index (χ2n) is 5.60. The zero-order valence-electron chi connectivity index (χ0n) is 13.9. The second-order valence-corrected chi connectivity index (χ2v) is 10.0. The highest BCUT2D eigenvalue weighted by Gasteiger charge is 2.18. The highest BCUT2D eigenvalue weighted by Crippen LogP contribution is 2.27. The van der Waals surface area contributed by atoms with Gasteiger partial charge in [-0.3, -0.25) is 0 Å². The molecule has 3 rings (SSSR count). The average molecular weight is 410 g/mol. The molecular weight excluding hydrogens is 394 g/mol. The maximum atomic E-state index is 12.3. The quantitative estimate of drug-likeness (QED) is 0.601. The fourth-order valence-corrected chi connectivity index (χ4v) is 4.53. The van der Waals surface area contributed by atoms with Crippen molar-refractivity contribution in [2.24, 2.45) is 0 Å². The molecule has 0 saturated heterocycles. The van der Waals surface area contributed by atoms with Crippen LogP contribution in [0.5, 0.6) is 5.75 Å². The molecule has 0 saturated carbocycles. The van der Waals surface area contributed by atoms with Crippen LogP contribution in [0.2, 0.25) is 0 Å². The molecule has 0 spiro atoms. The topological polar surface area (TPSA) is 90.4 Å². The fourth-order valence-electron chi connectivity index (χ4n) is 2.17. The van der Waals surface area contributed by atoms with E-state index >= 15 is 0 Å². The summed E-state index contributed by atoms with van der Waals surface area (Å²) < 4.78 is 52.7. The van der Waals surface area contributed by atoms with Crippen molar-refractivity contribution in [3.8, 4) is 16.3 Å². The van der Waals surface area contributed by atoms with E-state index in [0.29, 0.717) is 0 Å². The summed E-state index contributed by atoms with van der Waals surface area (Å²) in [5.41, 5.74) is 1.79. The zero-order valence-corrected chi connectivity index (χ0v) is 16.4. The molecule has 0 radical (unpaired) electrons. The molecule has 3 aromatic rings. The van der Waals surface area contributed by atoms with Crippen LogP contribution in [0, 0.1) is 6.92 Å². The van der Waals surface area contributed by atoms with E-state index in [0.717, 1.165) is 22.5 Å². The minimum Gasteiger partial charge on any atom is -0.379 e. The lowest BCUT2D eigenvalue weighted by Crippen LogP contribution is -2.10. The molecule has 26 heavy (non-hydrogen) atoms. The molecule has 0 bridgehead atoms. The molecule has 0 atom stereocenters. The van der Waals surface area contributed by atoms with Crippen LogP contribution >= 0.6 is 11.3 Å². The number of thiazole rings is 1. The summed E-state index contributed by atoms with van der Waals surface area (Å²) in [5.74, 6) is 0.161. The molecule has 0 fully saturated rings. The third kappa shape index (κ3) is 4.12. The van der Waals surface area contributed by atoms with Gasteiger partial charge in [0.25, 0.3) is 0 Å². The number of hydrogen-bond donors (Lipinski definition) is 0. The molecule has 1 heterocycles. The molecular formula is C17H15NO5S3. The lowest BCUT2D eigenvalue weighted by atomic mass is 10.2. The van der Waals surface area contributed by atoms with E-state index in [1.54, 1.807) is 24.3 Å². The second kappa shape index (κ2) is 6.82. The van der Waals surface area contributed by atoms with Gasteiger partial charge < -0.3 is 4.18 Å². The van der Waals surface area contributed by atoms with E-state index < -0.39 is 20.0 Å². The predicted octanol–water partition coefficient (Wildman–Crippen LogP) is 3.29. The van der Waals surface area contributed by atoms with Crippen LogP contribution in [0.15, 0.2) is 63.7 Å². The first-order valence-corrected chi connectivity index (χ1v) is 11.6. The molecule has 136 valence electrons. The van der Waals surface area contributed by atoms with Gasteiger partial charge in [0, 0.05) is 22.9 Å². The first kappa shape index (κ1) is 18.6. The zero-order chi connectivity index (χ0) is 18.9. The lowest BCUT2D eigenvalue weighted by Gasteiger charge is -2.08. The Kier molecular flexibility index (Phi) is 4.87. The third-order valence-electron chi connectivity index (χ3n) is 3.47. The minimum absolute atomic E-state index is 0.0412. The lowest BCUT2D eigenvalue weighted by molar-refractivity contribution is 0.486. The summed E-state index contributed by atoms with van der Waals surface area (Å²) in [5, 5.41) is 2.78. The smallest absolute Gasteiger partial charge is 0.339 e. The van der Waals surface area contributed by atoms with Crippen LogP contribution in [0.3, 0.4) is 0 Å². The van der Waals surface area contributed by atoms with E-state index in [4.69, 9.17) is 4.18 Å². The largest absolute Gasteiger partial charge is 0.379 e.